The van der Waals surface area contributed by atoms with Crippen molar-refractivity contribution in [3.63, 3.8) is 0 Å². The molecule has 0 rings (SSSR count). The van der Waals surface area contributed by atoms with Crippen LogP contribution in [-0.4, -0.2) is 38.2 Å². The van der Waals surface area contributed by atoms with E-state index in [1.165, 1.54) is 0 Å². The van der Waals surface area contributed by atoms with Crippen molar-refractivity contribution in [3.05, 3.63) is 0 Å². The molecule has 0 saturated carbocycles. The van der Waals surface area contributed by atoms with Crippen LogP contribution in [0.2, 0.25) is 0 Å². The SMILES string of the molecule is CCC(C)(C)NC(=O)CS(=O)CC(=O)O. The minimum absolute atomic E-state index is 0.254. The molecule has 0 aliphatic carbocycles. The predicted octanol–water partition coefficient (Wildman–Crippen LogP) is 0.124. The number of carbonyl (C=O) groups excluding carboxylic acids is 1. The Bertz CT molecular complexity index is 275. The van der Waals surface area contributed by atoms with Crippen molar-refractivity contribution < 1.29 is 18.9 Å². The number of carbonyl (C=O) groups is 2. The molecule has 0 fully saturated rings. The lowest BCUT2D eigenvalue weighted by molar-refractivity contribution is -0.133. The van der Waals surface area contributed by atoms with E-state index in [0.29, 0.717) is 0 Å². The van der Waals surface area contributed by atoms with Crippen molar-refractivity contribution in [1.29, 1.82) is 0 Å². The quantitative estimate of drug-likeness (QED) is 0.685. The van der Waals surface area contributed by atoms with Crippen molar-refractivity contribution in [2.45, 2.75) is 32.7 Å². The number of hydrogen-bond acceptors (Lipinski definition) is 3. The van der Waals surface area contributed by atoms with Crippen LogP contribution in [0, 0.1) is 0 Å². The molecule has 6 heteroatoms. The van der Waals surface area contributed by atoms with E-state index in [2.05, 4.69) is 5.32 Å². The van der Waals surface area contributed by atoms with E-state index in [-0.39, 0.29) is 17.2 Å². The van der Waals surface area contributed by atoms with E-state index in [1.807, 2.05) is 20.8 Å². The summed E-state index contributed by atoms with van der Waals surface area (Å²) in [5.74, 6) is -2.27. The summed E-state index contributed by atoms with van der Waals surface area (Å²) in [6.45, 7) is 5.63. The van der Waals surface area contributed by atoms with Gasteiger partial charge in [-0.25, -0.2) is 0 Å². The van der Waals surface area contributed by atoms with Crippen LogP contribution in [0.1, 0.15) is 27.2 Å². The summed E-state index contributed by atoms with van der Waals surface area (Å²) in [6, 6.07) is 0. The first-order valence-electron chi connectivity index (χ1n) is 4.64. The lowest BCUT2D eigenvalue weighted by Gasteiger charge is -2.24. The second kappa shape index (κ2) is 5.85. The molecule has 0 aromatic carbocycles. The zero-order valence-electron chi connectivity index (χ0n) is 9.20. The summed E-state index contributed by atoms with van der Waals surface area (Å²) in [6.07, 6.45) is 0.754. The van der Waals surface area contributed by atoms with Crippen LogP contribution in [-0.2, 0) is 20.4 Å². The average Bonchev–Trinajstić information content (AvgIpc) is 2.00. The largest absolute Gasteiger partial charge is 0.481 e. The monoisotopic (exact) mass is 235 g/mol. The summed E-state index contributed by atoms with van der Waals surface area (Å²) in [4.78, 5) is 21.5. The molecule has 0 heterocycles. The van der Waals surface area contributed by atoms with Gasteiger partial charge in [-0.15, -0.1) is 0 Å². The van der Waals surface area contributed by atoms with Gasteiger partial charge in [0.2, 0.25) is 5.91 Å². The van der Waals surface area contributed by atoms with E-state index in [0.717, 1.165) is 6.42 Å². The van der Waals surface area contributed by atoms with Crippen molar-refractivity contribution in [1.82, 2.24) is 5.32 Å². The first kappa shape index (κ1) is 14.1. The molecule has 88 valence electrons. The minimum atomic E-state index is -1.63. The molecule has 1 amide bonds. The van der Waals surface area contributed by atoms with Crippen molar-refractivity contribution >= 4 is 22.7 Å². The van der Waals surface area contributed by atoms with Crippen molar-refractivity contribution in [2.75, 3.05) is 11.5 Å². The third-order valence-electron chi connectivity index (χ3n) is 1.94. The number of carboxylic acid groups (broad SMARTS) is 1. The molecular weight excluding hydrogens is 218 g/mol. The Kier molecular flexibility index (Phi) is 5.49. The highest BCUT2D eigenvalue weighted by Gasteiger charge is 2.19. The van der Waals surface area contributed by atoms with Crippen LogP contribution in [0.15, 0.2) is 0 Å². The third-order valence-corrected chi connectivity index (χ3v) is 3.09. The normalized spacial score (nSPS) is 13.3. The topological polar surface area (TPSA) is 83.5 Å². The molecule has 1 atom stereocenters. The Morgan fingerprint density at radius 2 is 1.87 bits per heavy atom. The number of carboxylic acids is 1. The number of nitrogens with one attached hydrogen (secondary N) is 1. The van der Waals surface area contributed by atoms with E-state index in [9.17, 15) is 13.8 Å². The van der Waals surface area contributed by atoms with Gasteiger partial charge >= 0.3 is 5.97 Å². The van der Waals surface area contributed by atoms with E-state index < -0.39 is 22.5 Å². The van der Waals surface area contributed by atoms with Gasteiger partial charge in [-0.05, 0) is 20.3 Å². The van der Waals surface area contributed by atoms with Gasteiger partial charge in [0.1, 0.15) is 11.5 Å². The minimum Gasteiger partial charge on any atom is -0.481 e. The van der Waals surface area contributed by atoms with Crippen molar-refractivity contribution in [2.24, 2.45) is 0 Å². The van der Waals surface area contributed by atoms with Gasteiger partial charge in [-0.2, -0.15) is 0 Å². The highest BCUT2D eigenvalue weighted by Crippen LogP contribution is 2.06. The standard InChI is InChI=1S/C9H17NO4S/c1-4-9(2,3)10-7(11)5-15(14)6-8(12)13/h4-6H2,1-3H3,(H,10,11)(H,12,13). The molecule has 0 saturated heterocycles. The summed E-state index contributed by atoms with van der Waals surface area (Å²) in [5, 5.41) is 11.0. The van der Waals surface area contributed by atoms with Crippen LogP contribution < -0.4 is 5.32 Å². The van der Waals surface area contributed by atoms with Gasteiger partial charge in [-0.3, -0.25) is 13.8 Å². The molecule has 2 N–H and O–H groups in total. The van der Waals surface area contributed by atoms with Gasteiger partial charge in [0.25, 0.3) is 0 Å². The first-order chi connectivity index (χ1) is 6.76. The summed E-state index contributed by atoms with van der Waals surface area (Å²) >= 11 is 0. The Labute approximate surface area is 91.7 Å². The fraction of sp³-hybridized carbons (Fsp3) is 0.778. The van der Waals surface area contributed by atoms with Crippen molar-refractivity contribution in [3.8, 4) is 0 Å². The Hall–Kier alpha value is -0.910. The molecule has 0 bridgehead atoms. The van der Waals surface area contributed by atoms with Gasteiger partial charge in [0.05, 0.1) is 0 Å². The Morgan fingerprint density at radius 3 is 2.27 bits per heavy atom. The molecule has 0 radical (unpaired) electrons. The molecule has 0 aromatic rings. The van der Waals surface area contributed by atoms with Crippen LogP contribution in [0.25, 0.3) is 0 Å². The summed E-state index contributed by atoms with van der Waals surface area (Å²) in [7, 11) is -1.63. The highest BCUT2D eigenvalue weighted by molar-refractivity contribution is 7.86. The smallest absolute Gasteiger partial charge is 0.316 e. The van der Waals surface area contributed by atoms with Gasteiger partial charge in [0, 0.05) is 16.3 Å². The fourth-order valence-corrected chi connectivity index (χ4v) is 1.58. The average molecular weight is 235 g/mol. The number of aliphatic carboxylic acids is 1. The second-order valence-electron chi connectivity index (χ2n) is 3.91. The van der Waals surface area contributed by atoms with E-state index in [4.69, 9.17) is 5.11 Å². The van der Waals surface area contributed by atoms with Gasteiger partial charge in [0.15, 0.2) is 0 Å². The highest BCUT2D eigenvalue weighted by atomic mass is 32.2. The van der Waals surface area contributed by atoms with Crippen LogP contribution >= 0.6 is 0 Å². The summed E-state index contributed by atoms with van der Waals surface area (Å²) in [5.41, 5.74) is -0.343. The van der Waals surface area contributed by atoms with Crippen LogP contribution in [0.4, 0.5) is 0 Å². The maximum absolute atomic E-state index is 11.3. The zero-order valence-corrected chi connectivity index (χ0v) is 10.0. The Morgan fingerprint density at radius 1 is 1.33 bits per heavy atom. The zero-order chi connectivity index (χ0) is 12.1. The molecule has 0 spiro atoms. The molecule has 5 nitrogen and oxygen atoms in total. The summed E-state index contributed by atoms with van der Waals surface area (Å²) < 4.78 is 11.1. The maximum Gasteiger partial charge on any atom is 0.316 e. The number of rotatable bonds is 6. The van der Waals surface area contributed by atoms with Gasteiger partial charge in [-0.1, -0.05) is 6.92 Å². The fourth-order valence-electron chi connectivity index (χ4n) is 0.837. The van der Waals surface area contributed by atoms with Gasteiger partial charge < -0.3 is 10.4 Å². The molecule has 0 aliphatic heterocycles. The lowest BCUT2D eigenvalue weighted by atomic mass is 10.0. The van der Waals surface area contributed by atoms with E-state index in [1.54, 1.807) is 0 Å². The lowest BCUT2D eigenvalue weighted by Crippen LogP contribution is -2.45. The second-order valence-corrected chi connectivity index (χ2v) is 5.36. The predicted molar refractivity (Wildman–Crippen MR) is 58.0 cm³/mol. The maximum atomic E-state index is 11.3. The number of hydrogen-bond donors (Lipinski definition) is 2. The molecule has 0 aromatic heterocycles. The molecule has 1 unspecified atom stereocenters. The molecule has 15 heavy (non-hydrogen) atoms. The van der Waals surface area contributed by atoms with Crippen LogP contribution in [0.3, 0.4) is 0 Å². The third kappa shape index (κ3) is 7.07. The van der Waals surface area contributed by atoms with Crippen LogP contribution in [0.5, 0.6) is 0 Å². The van der Waals surface area contributed by atoms with E-state index >= 15 is 0 Å². The number of amides is 1. The molecule has 0 aliphatic rings. The first-order valence-corrected chi connectivity index (χ1v) is 6.13. The Balaban J connectivity index is 4.04. The molecular formula is C9H17NO4S.